The molecule has 1 aromatic rings. The quantitative estimate of drug-likeness (QED) is 0.902. The van der Waals surface area contributed by atoms with E-state index in [9.17, 15) is 18.0 Å². The number of ether oxygens (including phenoxy) is 1. The molecule has 1 saturated heterocycles. The van der Waals surface area contributed by atoms with E-state index in [1.54, 1.807) is 0 Å². The van der Waals surface area contributed by atoms with Gasteiger partial charge in [-0.15, -0.1) is 0 Å². The first-order valence-electron chi connectivity index (χ1n) is 6.74. The van der Waals surface area contributed by atoms with Crippen LogP contribution in [0.5, 0.6) is 0 Å². The average molecular weight is 302 g/mol. The first-order chi connectivity index (χ1) is 9.91. The summed E-state index contributed by atoms with van der Waals surface area (Å²) in [4.78, 5) is 12.0. The van der Waals surface area contributed by atoms with Crippen molar-refractivity contribution in [3.63, 3.8) is 0 Å². The predicted molar refractivity (Wildman–Crippen MR) is 71.6 cm³/mol. The van der Waals surface area contributed by atoms with Crippen LogP contribution in [0, 0.1) is 0 Å². The normalized spacial score (nSPS) is 19.3. The van der Waals surface area contributed by atoms with Gasteiger partial charge in [0.2, 0.25) is 0 Å². The molecule has 1 unspecified atom stereocenters. The average Bonchev–Trinajstić information content (AvgIpc) is 2.47. The fourth-order valence-electron chi connectivity index (χ4n) is 2.22. The number of benzene rings is 1. The van der Waals surface area contributed by atoms with Crippen molar-refractivity contribution in [1.82, 2.24) is 0 Å². The van der Waals surface area contributed by atoms with E-state index in [-0.39, 0.29) is 12.2 Å². The Morgan fingerprint density at radius 1 is 1.38 bits per heavy atom. The molecular weight excluding hydrogens is 285 g/mol. The largest absolute Gasteiger partial charge is 0.418 e. The van der Waals surface area contributed by atoms with Crippen LogP contribution in [0.3, 0.4) is 0 Å². The topological polar surface area (TPSA) is 64.3 Å². The molecule has 0 aromatic heterocycles. The Morgan fingerprint density at radius 3 is 2.71 bits per heavy atom. The molecule has 116 valence electrons. The maximum atomic E-state index is 13.0. The van der Waals surface area contributed by atoms with Gasteiger partial charge in [0, 0.05) is 13.2 Å². The van der Waals surface area contributed by atoms with E-state index in [0.29, 0.717) is 18.6 Å². The lowest BCUT2D eigenvalue weighted by molar-refractivity contribution is -0.137. The molecule has 1 aliphatic heterocycles. The van der Waals surface area contributed by atoms with E-state index in [1.807, 2.05) is 0 Å². The number of nitrogens with one attached hydrogen (secondary N) is 1. The summed E-state index contributed by atoms with van der Waals surface area (Å²) in [6.07, 6.45) is -3.02. The number of rotatable bonds is 3. The van der Waals surface area contributed by atoms with Gasteiger partial charge in [-0.1, -0.05) is 6.07 Å². The highest BCUT2D eigenvalue weighted by atomic mass is 19.4. The van der Waals surface area contributed by atoms with E-state index >= 15 is 0 Å². The van der Waals surface area contributed by atoms with Crippen molar-refractivity contribution in [3.8, 4) is 0 Å². The number of anilines is 1. The van der Waals surface area contributed by atoms with Gasteiger partial charge >= 0.3 is 6.18 Å². The highest BCUT2D eigenvalue weighted by Gasteiger charge is 2.35. The lowest BCUT2D eigenvalue weighted by atomic mass is 10.1. The highest BCUT2D eigenvalue weighted by Crippen LogP contribution is 2.35. The number of amides is 1. The minimum Gasteiger partial charge on any atom is -0.368 e. The van der Waals surface area contributed by atoms with Gasteiger partial charge in [-0.2, -0.15) is 13.2 Å². The van der Waals surface area contributed by atoms with E-state index in [4.69, 9.17) is 10.5 Å². The standard InChI is InChI=1S/C14H17F3N2O2/c15-14(16,17)10-7-9(8-18)4-5-11(10)19-13(20)12-3-1-2-6-21-12/h4-5,7,12H,1-3,6,8,18H2,(H,19,20). The Labute approximate surface area is 120 Å². The zero-order chi connectivity index (χ0) is 15.5. The van der Waals surface area contributed by atoms with E-state index < -0.39 is 23.8 Å². The highest BCUT2D eigenvalue weighted by molar-refractivity contribution is 5.95. The second-order valence-electron chi connectivity index (χ2n) is 4.93. The van der Waals surface area contributed by atoms with Crippen molar-refractivity contribution in [2.45, 2.75) is 38.1 Å². The summed E-state index contributed by atoms with van der Waals surface area (Å²) in [7, 11) is 0. The van der Waals surface area contributed by atoms with Crippen molar-refractivity contribution in [2.24, 2.45) is 5.73 Å². The van der Waals surface area contributed by atoms with E-state index in [0.717, 1.165) is 18.9 Å². The SMILES string of the molecule is NCc1ccc(NC(=O)C2CCCCO2)c(C(F)(F)F)c1. The third-order valence-corrected chi connectivity index (χ3v) is 3.36. The van der Waals surface area contributed by atoms with Crippen molar-refractivity contribution < 1.29 is 22.7 Å². The predicted octanol–water partition coefficient (Wildman–Crippen LogP) is 2.67. The molecule has 0 radical (unpaired) electrons. The van der Waals surface area contributed by atoms with Crippen molar-refractivity contribution in [3.05, 3.63) is 29.3 Å². The number of carbonyl (C=O) groups excluding carboxylic acids is 1. The Bertz CT molecular complexity index is 511. The Morgan fingerprint density at radius 2 is 2.14 bits per heavy atom. The monoisotopic (exact) mass is 302 g/mol. The number of nitrogens with two attached hydrogens (primary N) is 1. The first-order valence-corrected chi connectivity index (χ1v) is 6.74. The number of carbonyl (C=O) groups is 1. The van der Waals surface area contributed by atoms with Crippen molar-refractivity contribution in [1.29, 1.82) is 0 Å². The van der Waals surface area contributed by atoms with Gasteiger partial charge < -0.3 is 15.8 Å². The minimum atomic E-state index is -4.55. The maximum absolute atomic E-state index is 13.0. The number of alkyl halides is 3. The second-order valence-corrected chi connectivity index (χ2v) is 4.93. The van der Waals surface area contributed by atoms with Crippen LogP contribution in [0.1, 0.15) is 30.4 Å². The summed E-state index contributed by atoms with van der Waals surface area (Å²) >= 11 is 0. The van der Waals surface area contributed by atoms with E-state index in [1.165, 1.54) is 12.1 Å². The van der Waals surface area contributed by atoms with Gasteiger partial charge in [-0.25, -0.2) is 0 Å². The van der Waals surface area contributed by atoms with Crippen LogP contribution >= 0.6 is 0 Å². The van der Waals surface area contributed by atoms with Crippen molar-refractivity contribution >= 4 is 11.6 Å². The molecule has 0 spiro atoms. The summed E-state index contributed by atoms with van der Waals surface area (Å²) in [6.45, 7) is 0.458. The van der Waals surface area contributed by atoms with Gasteiger partial charge in [-0.05, 0) is 37.0 Å². The molecule has 1 amide bonds. The van der Waals surface area contributed by atoms with Gasteiger partial charge in [0.15, 0.2) is 0 Å². The van der Waals surface area contributed by atoms with Crippen LogP contribution in [-0.4, -0.2) is 18.6 Å². The lowest BCUT2D eigenvalue weighted by Crippen LogP contribution is -2.33. The molecule has 0 bridgehead atoms. The Kier molecular flexibility index (Phi) is 4.84. The van der Waals surface area contributed by atoms with Gasteiger partial charge in [0.1, 0.15) is 6.10 Å². The molecule has 0 aliphatic carbocycles. The third kappa shape index (κ3) is 3.95. The molecule has 1 atom stereocenters. The number of hydrogen-bond donors (Lipinski definition) is 2. The zero-order valence-corrected chi connectivity index (χ0v) is 11.4. The minimum absolute atomic E-state index is 0.00302. The third-order valence-electron chi connectivity index (χ3n) is 3.36. The Hall–Kier alpha value is -1.60. The lowest BCUT2D eigenvalue weighted by Gasteiger charge is -2.23. The van der Waals surface area contributed by atoms with Crippen LogP contribution in [0.4, 0.5) is 18.9 Å². The molecule has 1 fully saturated rings. The molecular formula is C14H17F3N2O2. The fourth-order valence-corrected chi connectivity index (χ4v) is 2.22. The smallest absolute Gasteiger partial charge is 0.368 e. The summed E-state index contributed by atoms with van der Waals surface area (Å²) in [5.41, 5.74) is 4.55. The molecule has 1 heterocycles. The first kappa shape index (κ1) is 15.8. The van der Waals surface area contributed by atoms with Crippen molar-refractivity contribution in [2.75, 3.05) is 11.9 Å². The van der Waals surface area contributed by atoms with Crippen LogP contribution in [0.25, 0.3) is 0 Å². The van der Waals surface area contributed by atoms with Gasteiger partial charge in [0.05, 0.1) is 11.3 Å². The van der Waals surface area contributed by atoms with E-state index in [2.05, 4.69) is 5.32 Å². The molecule has 1 aliphatic rings. The summed E-state index contributed by atoms with van der Waals surface area (Å²) in [6, 6.07) is 3.65. The maximum Gasteiger partial charge on any atom is 0.418 e. The molecule has 1 aromatic carbocycles. The second kappa shape index (κ2) is 6.44. The molecule has 7 heteroatoms. The summed E-state index contributed by atoms with van der Waals surface area (Å²) in [5, 5.41) is 2.31. The Balaban J connectivity index is 2.20. The molecule has 21 heavy (non-hydrogen) atoms. The van der Waals surface area contributed by atoms with Gasteiger partial charge in [0.25, 0.3) is 5.91 Å². The number of halogens is 3. The molecule has 4 nitrogen and oxygen atoms in total. The van der Waals surface area contributed by atoms with Crippen LogP contribution < -0.4 is 11.1 Å². The molecule has 3 N–H and O–H groups in total. The summed E-state index contributed by atoms with van der Waals surface area (Å²) < 4.78 is 44.4. The van der Waals surface area contributed by atoms with Crippen LogP contribution in [0.2, 0.25) is 0 Å². The summed E-state index contributed by atoms with van der Waals surface area (Å²) in [5.74, 6) is -0.541. The van der Waals surface area contributed by atoms with Crippen LogP contribution in [-0.2, 0) is 22.3 Å². The molecule has 0 saturated carbocycles. The van der Waals surface area contributed by atoms with Gasteiger partial charge in [-0.3, -0.25) is 4.79 Å². The fraction of sp³-hybridized carbons (Fsp3) is 0.500. The zero-order valence-electron chi connectivity index (χ0n) is 11.4. The number of hydrogen-bond acceptors (Lipinski definition) is 3. The molecule has 2 rings (SSSR count). The van der Waals surface area contributed by atoms with Crippen LogP contribution in [0.15, 0.2) is 18.2 Å².